The van der Waals surface area contributed by atoms with Gasteiger partial charge in [0.25, 0.3) is 0 Å². The topological polar surface area (TPSA) is 107 Å². The Bertz CT molecular complexity index is 1170. The molecule has 0 spiro atoms. The molecule has 5 fully saturated rings. The molecule has 5 saturated carbocycles. The summed E-state index contributed by atoms with van der Waals surface area (Å²) < 4.78 is 6.11. The van der Waals surface area contributed by atoms with Gasteiger partial charge in [-0.1, -0.05) is 46.8 Å². The lowest BCUT2D eigenvalue weighted by Crippen LogP contribution is -2.67. The van der Waals surface area contributed by atoms with Crippen molar-refractivity contribution in [1.82, 2.24) is 0 Å². The molecule has 0 aromatic carbocycles. The van der Waals surface area contributed by atoms with Crippen LogP contribution in [-0.4, -0.2) is 29.1 Å². The first kappa shape index (κ1) is 31.6. The maximum Gasteiger partial charge on any atom is 0.309 e. The number of esters is 1. The fourth-order valence-corrected chi connectivity index (χ4v) is 12.4. The van der Waals surface area contributed by atoms with Crippen LogP contribution in [0.5, 0.6) is 0 Å². The molecule has 0 aliphatic heterocycles. The first-order valence-electron chi connectivity index (χ1n) is 16.7. The molecule has 5 aliphatic carbocycles. The van der Waals surface area contributed by atoms with Crippen LogP contribution in [0.2, 0.25) is 0 Å². The number of hydrogen-bond acceptors (Lipinski definition) is 4. The molecule has 0 radical (unpaired) electrons. The quantitative estimate of drug-likeness (QED) is 0.248. The van der Waals surface area contributed by atoms with E-state index < -0.39 is 17.4 Å². The Labute approximate surface area is 254 Å². The van der Waals surface area contributed by atoms with Crippen molar-refractivity contribution in [1.29, 1.82) is 0 Å². The average Bonchev–Trinajstić information content (AvgIpc) is 3.27. The maximum absolute atomic E-state index is 13.1. The van der Waals surface area contributed by atoms with Gasteiger partial charge in [-0.05, 0) is 131 Å². The van der Waals surface area contributed by atoms with Crippen LogP contribution < -0.4 is 5.73 Å². The Morgan fingerprint density at radius 3 is 2.14 bits per heavy atom. The molecule has 42 heavy (non-hydrogen) atoms. The van der Waals surface area contributed by atoms with Crippen LogP contribution in [0.25, 0.3) is 0 Å². The number of carbonyl (C=O) groups is 3. The van der Waals surface area contributed by atoms with Crippen molar-refractivity contribution in [3.05, 3.63) is 12.2 Å². The monoisotopic (exact) mass is 583 g/mol. The third-order valence-corrected chi connectivity index (χ3v) is 14.9. The number of primary amides is 1. The van der Waals surface area contributed by atoms with Crippen molar-refractivity contribution in [3.63, 3.8) is 0 Å². The minimum Gasteiger partial charge on any atom is -0.481 e. The molecule has 6 nitrogen and oxygen atoms in total. The molecule has 5 aliphatic rings. The van der Waals surface area contributed by atoms with Gasteiger partial charge in [-0.25, -0.2) is 0 Å². The van der Waals surface area contributed by atoms with Crippen molar-refractivity contribution < 1.29 is 24.2 Å². The molecule has 0 aromatic heterocycles. The first-order valence-corrected chi connectivity index (χ1v) is 16.7. The summed E-state index contributed by atoms with van der Waals surface area (Å²) in [5.41, 5.74) is 6.18. The van der Waals surface area contributed by atoms with Gasteiger partial charge in [0, 0.05) is 5.41 Å². The predicted octanol–water partition coefficient (Wildman–Crippen LogP) is 7.54. The van der Waals surface area contributed by atoms with E-state index in [-0.39, 0.29) is 45.5 Å². The number of rotatable bonds is 6. The lowest BCUT2D eigenvalue weighted by Gasteiger charge is -2.72. The number of ether oxygens (including phenoxy) is 1. The molecule has 6 heteroatoms. The van der Waals surface area contributed by atoms with Gasteiger partial charge in [-0.3, -0.25) is 14.4 Å². The summed E-state index contributed by atoms with van der Waals surface area (Å²) in [6, 6.07) is 0. The smallest absolute Gasteiger partial charge is 0.309 e. The summed E-state index contributed by atoms with van der Waals surface area (Å²) in [5, 5.41) is 9.52. The second-order valence-electron chi connectivity index (χ2n) is 17.4. The van der Waals surface area contributed by atoms with Crippen LogP contribution in [0.4, 0.5) is 0 Å². The number of hydrogen-bond donors (Lipinski definition) is 2. The predicted molar refractivity (Wildman–Crippen MR) is 164 cm³/mol. The Hall–Kier alpha value is -1.85. The fourth-order valence-electron chi connectivity index (χ4n) is 12.4. The fraction of sp³-hybridized carbons (Fsp3) is 0.861. The van der Waals surface area contributed by atoms with Crippen LogP contribution in [0.3, 0.4) is 0 Å². The molecule has 5 rings (SSSR count). The highest BCUT2D eigenvalue weighted by molar-refractivity contribution is 5.82. The van der Waals surface area contributed by atoms with Crippen molar-refractivity contribution >= 4 is 17.8 Å². The maximum atomic E-state index is 13.1. The zero-order chi connectivity index (χ0) is 31.3. The Morgan fingerprint density at radius 1 is 0.881 bits per heavy atom. The van der Waals surface area contributed by atoms with Crippen LogP contribution in [0.1, 0.15) is 126 Å². The standard InChI is InChI=1S/C36H57NO5/c1-21(2)22-12-17-36(29(37)39)19-18-34(8)23(28(22)36)10-11-25-33(7)15-14-26(42-27(38)20-31(3,4)30(40)41)32(5,6)24(33)13-16-35(25,34)9/h22-26,28H,1,10-20H2,2-9H3,(H2,37,39)(H,40,41)/t22-,23+,24-,25+,26-,28+,33-,34+,35+,36-/m0/s1. The molecule has 236 valence electrons. The second kappa shape index (κ2) is 9.83. The number of nitrogens with two attached hydrogens (primary N) is 1. The third-order valence-electron chi connectivity index (χ3n) is 14.9. The van der Waals surface area contributed by atoms with Gasteiger partial charge in [0.1, 0.15) is 6.10 Å². The Kier molecular flexibility index (Phi) is 7.39. The van der Waals surface area contributed by atoms with E-state index in [4.69, 9.17) is 10.5 Å². The van der Waals surface area contributed by atoms with E-state index >= 15 is 0 Å². The lowest BCUT2D eigenvalue weighted by atomic mass is 9.32. The highest BCUT2D eigenvalue weighted by atomic mass is 16.5. The van der Waals surface area contributed by atoms with Crippen molar-refractivity contribution in [2.24, 2.45) is 67.8 Å². The number of amides is 1. The molecule has 0 saturated heterocycles. The lowest BCUT2D eigenvalue weighted by molar-refractivity contribution is -0.249. The minimum absolute atomic E-state index is 0.0809. The molecule has 0 aromatic rings. The van der Waals surface area contributed by atoms with Gasteiger partial charge in [0.05, 0.1) is 17.3 Å². The molecule has 1 amide bonds. The summed E-state index contributed by atoms with van der Waals surface area (Å²) in [4.78, 5) is 37.7. The van der Waals surface area contributed by atoms with E-state index in [1.54, 1.807) is 13.8 Å². The summed E-state index contributed by atoms with van der Waals surface area (Å²) in [7, 11) is 0. The average molecular weight is 584 g/mol. The van der Waals surface area contributed by atoms with Crippen molar-refractivity contribution in [2.75, 3.05) is 0 Å². The second-order valence-corrected chi connectivity index (χ2v) is 17.4. The van der Waals surface area contributed by atoms with Crippen LogP contribution in [-0.2, 0) is 19.1 Å². The number of carbonyl (C=O) groups excluding carboxylic acids is 2. The SMILES string of the molecule is C=C(C)[C@@H]1CC[C@]2(C(N)=O)CC[C@]3(C)[C@H](CC[C@@H]4[C@@]5(C)CC[C@H](OC(=O)CC(C)(C)C(=O)O)C(C)(C)[C@@H]5CC[C@]43C)[C@@H]12. The van der Waals surface area contributed by atoms with E-state index in [1.165, 1.54) is 12.0 Å². The van der Waals surface area contributed by atoms with E-state index in [0.717, 1.165) is 57.8 Å². The van der Waals surface area contributed by atoms with Crippen LogP contribution in [0.15, 0.2) is 12.2 Å². The van der Waals surface area contributed by atoms with Gasteiger partial charge in [0.2, 0.25) is 5.91 Å². The summed E-state index contributed by atoms with van der Waals surface area (Å²) in [6.07, 6.45) is 10.00. The number of carboxylic acid groups (broad SMARTS) is 1. The number of fused-ring (bicyclic) bond motifs is 7. The number of aliphatic carboxylic acids is 1. The molecule has 10 atom stereocenters. The van der Waals surface area contributed by atoms with Crippen molar-refractivity contribution in [2.45, 2.75) is 132 Å². The summed E-state index contributed by atoms with van der Waals surface area (Å²) in [6.45, 7) is 22.0. The number of allylic oxidation sites excluding steroid dienone is 1. The zero-order valence-electron chi connectivity index (χ0n) is 27.6. The van der Waals surface area contributed by atoms with E-state index in [9.17, 15) is 19.5 Å². The van der Waals surface area contributed by atoms with Crippen LogP contribution >= 0.6 is 0 Å². The highest BCUT2D eigenvalue weighted by Gasteiger charge is 2.71. The summed E-state index contributed by atoms with van der Waals surface area (Å²) in [5.74, 6) is 0.688. The summed E-state index contributed by atoms with van der Waals surface area (Å²) >= 11 is 0. The normalized spacial score (nSPS) is 45.9. The minimum atomic E-state index is -1.14. The van der Waals surface area contributed by atoms with Crippen molar-refractivity contribution in [3.8, 4) is 0 Å². The van der Waals surface area contributed by atoms with Gasteiger partial charge in [-0.15, -0.1) is 0 Å². The Morgan fingerprint density at radius 2 is 1.55 bits per heavy atom. The molecular formula is C36H57NO5. The van der Waals surface area contributed by atoms with Gasteiger partial charge >= 0.3 is 11.9 Å². The molecule has 3 N–H and O–H groups in total. The van der Waals surface area contributed by atoms with Crippen LogP contribution in [0, 0.1) is 62.1 Å². The Balaban J connectivity index is 1.42. The zero-order valence-corrected chi connectivity index (χ0v) is 27.6. The number of carboxylic acids is 1. The third kappa shape index (κ3) is 4.19. The first-order chi connectivity index (χ1) is 19.3. The van der Waals surface area contributed by atoms with Gasteiger partial charge < -0.3 is 15.6 Å². The molecule has 0 unspecified atom stereocenters. The molecule has 0 heterocycles. The molecule has 0 bridgehead atoms. The van der Waals surface area contributed by atoms with Gasteiger partial charge in [-0.2, -0.15) is 0 Å². The van der Waals surface area contributed by atoms with E-state index in [0.29, 0.717) is 29.6 Å². The highest BCUT2D eigenvalue weighted by Crippen LogP contribution is 2.77. The van der Waals surface area contributed by atoms with E-state index in [2.05, 4.69) is 48.1 Å². The molecular weight excluding hydrogens is 526 g/mol. The largest absolute Gasteiger partial charge is 0.481 e. The van der Waals surface area contributed by atoms with Gasteiger partial charge in [0.15, 0.2) is 0 Å². The van der Waals surface area contributed by atoms with E-state index in [1.807, 2.05) is 0 Å².